The van der Waals surface area contributed by atoms with Crippen LogP contribution in [0.2, 0.25) is 0 Å². The van der Waals surface area contributed by atoms with Crippen LogP contribution in [0.4, 0.5) is 0 Å². The third kappa shape index (κ3) is 2.49. The fourth-order valence-corrected chi connectivity index (χ4v) is 2.23. The molecule has 2 N–H and O–H groups in total. The van der Waals surface area contributed by atoms with Crippen LogP contribution in [0.5, 0.6) is 11.5 Å². The Kier molecular flexibility index (Phi) is 3.99. The van der Waals surface area contributed by atoms with Gasteiger partial charge in [0.15, 0.2) is 11.5 Å². The highest BCUT2D eigenvalue weighted by molar-refractivity contribution is 9.10. The fourth-order valence-electron chi connectivity index (χ4n) is 1.79. The summed E-state index contributed by atoms with van der Waals surface area (Å²) in [6.07, 6.45) is 1.69. The highest BCUT2D eigenvalue weighted by atomic mass is 79.9. The molecule has 0 spiro atoms. The van der Waals surface area contributed by atoms with Crippen LogP contribution >= 0.6 is 15.9 Å². The van der Waals surface area contributed by atoms with Crippen LogP contribution < -0.4 is 15.2 Å². The van der Waals surface area contributed by atoms with Gasteiger partial charge in [-0.3, -0.25) is 4.79 Å². The van der Waals surface area contributed by atoms with Crippen molar-refractivity contribution in [2.45, 2.75) is 0 Å². The molecular formula is C13H14BrN3O3. The van der Waals surface area contributed by atoms with Crippen molar-refractivity contribution < 1.29 is 14.3 Å². The molecule has 0 bridgehead atoms. The van der Waals surface area contributed by atoms with Gasteiger partial charge in [-0.25, -0.2) is 0 Å². The van der Waals surface area contributed by atoms with Gasteiger partial charge in [-0.2, -0.15) is 4.99 Å². The third-order valence-corrected chi connectivity index (χ3v) is 3.62. The van der Waals surface area contributed by atoms with Gasteiger partial charge >= 0.3 is 0 Å². The smallest absolute Gasteiger partial charge is 0.296 e. The number of carbonyl (C=O) groups excluding carboxylic acids is 1. The van der Waals surface area contributed by atoms with Crippen molar-refractivity contribution in [3.8, 4) is 11.5 Å². The first kappa shape index (κ1) is 14.4. The van der Waals surface area contributed by atoms with Crippen molar-refractivity contribution in [2.24, 2.45) is 10.7 Å². The number of likely N-dealkylation sites (N-methyl/N-ethyl adjacent to an activating group) is 1. The summed E-state index contributed by atoms with van der Waals surface area (Å²) in [5, 5.41) is 0. The molecule has 2 rings (SSSR count). The predicted octanol–water partition coefficient (Wildman–Crippen LogP) is 1.59. The van der Waals surface area contributed by atoms with Crippen molar-refractivity contribution in [3.63, 3.8) is 0 Å². The quantitative estimate of drug-likeness (QED) is 0.846. The molecule has 1 aromatic carbocycles. The van der Waals surface area contributed by atoms with E-state index in [0.717, 1.165) is 10.0 Å². The van der Waals surface area contributed by atoms with Gasteiger partial charge in [0.2, 0.25) is 5.96 Å². The zero-order valence-corrected chi connectivity index (χ0v) is 12.9. The number of hydrogen-bond donors (Lipinski definition) is 1. The van der Waals surface area contributed by atoms with Gasteiger partial charge in [0.1, 0.15) is 5.70 Å². The van der Waals surface area contributed by atoms with E-state index < -0.39 is 0 Å². The van der Waals surface area contributed by atoms with Crippen molar-refractivity contribution >= 4 is 33.9 Å². The van der Waals surface area contributed by atoms with E-state index in [1.165, 1.54) is 4.90 Å². The SMILES string of the molecule is COc1cc(Br)c(/C=C2/C(=O)N=C(N)N2C)cc1OC. The van der Waals surface area contributed by atoms with Gasteiger partial charge in [0.25, 0.3) is 5.91 Å². The van der Waals surface area contributed by atoms with Gasteiger partial charge in [-0.15, -0.1) is 0 Å². The highest BCUT2D eigenvalue weighted by Crippen LogP contribution is 2.34. The fraction of sp³-hybridized carbons (Fsp3) is 0.231. The van der Waals surface area contributed by atoms with E-state index >= 15 is 0 Å². The molecule has 6 nitrogen and oxygen atoms in total. The lowest BCUT2D eigenvalue weighted by molar-refractivity contribution is -0.114. The number of amides is 1. The number of rotatable bonds is 3. The maximum Gasteiger partial charge on any atom is 0.296 e. The van der Waals surface area contributed by atoms with Gasteiger partial charge < -0.3 is 20.1 Å². The predicted molar refractivity (Wildman–Crippen MR) is 79.6 cm³/mol. The summed E-state index contributed by atoms with van der Waals surface area (Å²) < 4.78 is 11.2. The van der Waals surface area contributed by atoms with Crippen LogP contribution in [0, 0.1) is 0 Å². The molecule has 1 aliphatic heterocycles. The third-order valence-electron chi connectivity index (χ3n) is 2.94. The van der Waals surface area contributed by atoms with Crippen LogP contribution in [-0.4, -0.2) is 38.0 Å². The Labute approximate surface area is 125 Å². The normalized spacial score (nSPS) is 16.6. The Morgan fingerprint density at radius 2 is 1.90 bits per heavy atom. The molecule has 0 aromatic heterocycles. The van der Waals surface area contributed by atoms with Gasteiger partial charge in [0.05, 0.1) is 14.2 Å². The van der Waals surface area contributed by atoms with Crippen LogP contribution in [0.25, 0.3) is 6.08 Å². The zero-order chi connectivity index (χ0) is 14.9. The zero-order valence-electron chi connectivity index (χ0n) is 11.3. The second-order valence-corrected chi connectivity index (χ2v) is 4.95. The van der Waals surface area contributed by atoms with Gasteiger partial charge in [-0.05, 0) is 23.8 Å². The summed E-state index contributed by atoms with van der Waals surface area (Å²) >= 11 is 3.43. The lowest BCUT2D eigenvalue weighted by atomic mass is 10.1. The molecule has 1 aliphatic rings. The van der Waals surface area contributed by atoms with Gasteiger partial charge in [0, 0.05) is 11.5 Å². The molecule has 0 atom stereocenters. The number of nitrogens with two attached hydrogens (primary N) is 1. The number of guanidine groups is 1. The monoisotopic (exact) mass is 339 g/mol. The van der Waals surface area contributed by atoms with Crippen LogP contribution in [0.1, 0.15) is 5.56 Å². The first-order chi connectivity index (χ1) is 9.47. The van der Waals surface area contributed by atoms with Gasteiger partial charge in [-0.1, -0.05) is 15.9 Å². The van der Waals surface area contributed by atoms with Crippen LogP contribution in [0.3, 0.4) is 0 Å². The topological polar surface area (TPSA) is 77.1 Å². The molecule has 20 heavy (non-hydrogen) atoms. The Morgan fingerprint density at radius 1 is 1.30 bits per heavy atom. The number of nitrogens with zero attached hydrogens (tertiary/aromatic N) is 2. The molecule has 0 saturated heterocycles. The summed E-state index contributed by atoms with van der Waals surface area (Å²) in [6, 6.07) is 3.54. The molecule has 1 heterocycles. The number of ether oxygens (including phenoxy) is 2. The van der Waals surface area contributed by atoms with E-state index in [-0.39, 0.29) is 11.9 Å². The standard InChI is InChI=1S/C13H14BrN3O3/c1-17-9(12(18)16-13(17)15)4-7-5-10(19-2)11(20-3)6-8(7)14/h4-6H,1-3H3,(H2,15,16,18)/b9-4-. The second kappa shape index (κ2) is 5.54. The molecule has 106 valence electrons. The Balaban J connectivity index is 2.47. The number of halogens is 1. The van der Waals surface area contributed by atoms with E-state index in [4.69, 9.17) is 15.2 Å². The number of carbonyl (C=O) groups is 1. The number of aliphatic imine (C=N–C) groups is 1. The summed E-state index contributed by atoms with van der Waals surface area (Å²) in [5.41, 5.74) is 6.78. The lowest BCUT2D eigenvalue weighted by Gasteiger charge is -2.13. The average Bonchev–Trinajstić information content (AvgIpc) is 2.66. The van der Waals surface area contributed by atoms with Crippen LogP contribution in [0.15, 0.2) is 27.3 Å². The van der Waals surface area contributed by atoms with E-state index in [0.29, 0.717) is 17.2 Å². The van der Waals surface area contributed by atoms with E-state index in [1.54, 1.807) is 39.5 Å². The van der Waals surface area contributed by atoms with Crippen molar-refractivity contribution in [3.05, 3.63) is 27.9 Å². The van der Waals surface area contributed by atoms with Crippen molar-refractivity contribution in [1.29, 1.82) is 0 Å². The molecule has 0 saturated carbocycles. The maximum absolute atomic E-state index is 11.7. The first-order valence-electron chi connectivity index (χ1n) is 5.73. The minimum absolute atomic E-state index is 0.179. The van der Waals surface area contributed by atoms with E-state index in [1.807, 2.05) is 0 Å². The van der Waals surface area contributed by atoms with Crippen molar-refractivity contribution in [2.75, 3.05) is 21.3 Å². The molecular weight excluding hydrogens is 326 g/mol. The summed E-state index contributed by atoms with van der Waals surface area (Å²) in [7, 11) is 4.80. The largest absolute Gasteiger partial charge is 0.493 e. The molecule has 1 amide bonds. The molecule has 0 fully saturated rings. The summed E-state index contributed by atoms with van der Waals surface area (Å²) in [6.45, 7) is 0. The number of hydrogen-bond acceptors (Lipinski definition) is 5. The highest BCUT2D eigenvalue weighted by Gasteiger charge is 2.24. The van der Waals surface area contributed by atoms with Crippen LogP contribution in [-0.2, 0) is 4.79 Å². The Bertz CT molecular complexity index is 626. The second-order valence-electron chi connectivity index (χ2n) is 4.09. The Hall–Kier alpha value is -2.02. The first-order valence-corrected chi connectivity index (χ1v) is 6.52. The summed E-state index contributed by atoms with van der Waals surface area (Å²) in [4.78, 5) is 17.0. The summed E-state index contributed by atoms with van der Waals surface area (Å²) in [5.74, 6) is 0.984. The minimum Gasteiger partial charge on any atom is -0.493 e. The molecule has 0 unspecified atom stereocenters. The Morgan fingerprint density at radius 3 is 2.40 bits per heavy atom. The minimum atomic E-state index is -0.369. The van der Waals surface area contributed by atoms with Crippen molar-refractivity contribution in [1.82, 2.24) is 4.90 Å². The number of benzene rings is 1. The molecule has 7 heteroatoms. The average molecular weight is 340 g/mol. The molecule has 1 aromatic rings. The lowest BCUT2D eigenvalue weighted by Crippen LogP contribution is -2.28. The molecule has 0 aliphatic carbocycles. The van der Waals surface area contributed by atoms with E-state index in [9.17, 15) is 4.79 Å². The molecule has 0 radical (unpaired) electrons. The maximum atomic E-state index is 11.7. The van der Waals surface area contributed by atoms with E-state index in [2.05, 4.69) is 20.9 Å². The number of methoxy groups -OCH3 is 2.